The number of nitrogens with zero attached hydrogens (tertiary/aromatic N) is 2. The molecule has 0 spiro atoms. The zero-order valence-electron chi connectivity index (χ0n) is 17.1. The lowest BCUT2D eigenvalue weighted by Crippen LogP contribution is -2.42. The van der Waals surface area contributed by atoms with Gasteiger partial charge >= 0.3 is 0 Å². The normalized spacial score (nSPS) is 10.7. The predicted molar refractivity (Wildman–Crippen MR) is 117 cm³/mol. The van der Waals surface area contributed by atoms with E-state index < -0.39 is 0 Å². The number of halogens is 1. The van der Waals surface area contributed by atoms with Crippen molar-refractivity contribution in [1.82, 2.24) is 15.2 Å². The van der Waals surface area contributed by atoms with Crippen molar-refractivity contribution in [3.63, 3.8) is 0 Å². The van der Waals surface area contributed by atoms with Crippen LogP contribution in [-0.4, -0.2) is 60.5 Å². The van der Waals surface area contributed by atoms with E-state index in [1.807, 2.05) is 13.8 Å². The van der Waals surface area contributed by atoms with Crippen molar-refractivity contribution in [2.75, 3.05) is 32.1 Å². The number of methoxy groups -OCH3 is 1. The van der Waals surface area contributed by atoms with E-state index >= 15 is 0 Å². The number of nitrogens with one attached hydrogen (secondary N) is 2. The van der Waals surface area contributed by atoms with E-state index in [1.54, 1.807) is 36.8 Å². The van der Waals surface area contributed by atoms with Gasteiger partial charge < -0.3 is 20.3 Å². The lowest BCUT2D eigenvalue weighted by atomic mass is 10.1. The Morgan fingerprint density at radius 1 is 1.20 bits per heavy atom. The quantitative estimate of drug-likeness (QED) is 0.539. The van der Waals surface area contributed by atoms with Crippen LogP contribution in [0.5, 0.6) is 0 Å². The molecule has 2 aromatic rings. The summed E-state index contributed by atoms with van der Waals surface area (Å²) in [7, 11) is 1.56. The van der Waals surface area contributed by atoms with Gasteiger partial charge in [-0.1, -0.05) is 11.6 Å². The van der Waals surface area contributed by atoms with Crippen molar-refractivity contribution in [3.05, 3.63) is 45.9 Å². The van der Waals surface area contributed by atoms with Gasteiger partial charge in [0.25, 0.3) is 5.91 Å². The molecule has 0 aliphatic carbocycles. The summed E-state index contributed by atoms with van der Waals surface area (Å²) in [6, 6.07) is 6.35. The molecule has 30 heavy (non-hydrogen) atoms. The number of carbonyl (C=O) groups is 3. The molecule has 2 N–H and O–H groups in total. The Bertz CT molecular complexity index is 870. The minimum atomic E-state index is -0.364. The monoisotopic (exact) mass is 452 g/mol. The van der Waals surface area contributed by atoms with Crippen molar-refractivity contribution in [2.24, 2.45) is 0 Å². The second kappa shape index (κ2) is 11.6. The zero-order chi connectivity index (χ0) is 22.1. The van der Waals surface area contributed by atoms with Crippen LogP contribution in [0.4, 0.5) is 5.13 Å². The first-order valence-corrected chi connectivity index (χ1v) is 10.6. The van der Waals surface area contributed by atoms with E-state index in [9.17, 15) is 14.4 Å². The molecule has 1 aromatic heterocycles. The summed E-state index contributed by atoms with van der Waals surface area (Å²) in [5.41, 5.74) is 1.01. The number of ether oxygens (including phenoxy) is 1. The minimum absolute atomic E-state index is 0.114. The molecule has 0 aliphatic rings. The molecular formula is C20H25ClN4O4S. The summed E-state index contributed by atoms with van der Waals surface area (Å²) in [5.74, 6) is -0.796. The fourth-order valence-electron chi connectivity index (χ4n) is 2.53. The zero-order valence-corrected chi connectivity index (χ0v) is 18.7. The number of carbonyl (C=O) groups excluding carboxylic acids is 3. The number of aromatic nitrogens is 1. The second-order valence-electron chi connectivity index (χ2n) is 6.75. The van der Waals surface area contributed by atoms with Crippen LogP contribution in [0.1, 0.15) is 29.9 Å². The Kier molecular flexibility index (Phi) is 9.22. The van der Waals surface area contributed by atoms with Gasteiger partial charge in [0.05, 0.1) is 18.7 Å². The van der Waals surface area contributed by atoms with Gasteiger partial charge in [-0.25, -0.2) is 4.98 Å². The smallest absolute Gasteiger partial charge is 0.254 e. The van der Waals surface area contributed by atoms with E-state index in [-0.39, 0.29) is 36.7 Å². The number of anilines is 1. The van der Waals surface area contributed by atoms with E-state index in [0.717, 1.165) is 0 Å². The number of benzene rings is 1. The molecule has 8 nitrogen and oxygen atoms in total. The molecule has 1 aromatic carbocycles. The first-order valence-electron chi connectivity index (χ1n) is 9.36. The molecule has 162 valence electrons. The van der Waals surface area contributed by atoms with Gasteiger partial charge in [0.1, 0.15) is 6.54 Å². The number of hydrogen-bond acceptors (Lipinski definition) is 6. The van der Waals surface area contributed by atoms with Crippen molar-refractivity contribution < 1.29 is 19.1 Å². The van der Waals surface area contributed by atoms with Gasteiger partial charge in [-0.15, -0.1) is 11.3 Å². The van der Waals surface area contributed by atoms with Gasteiger partial charge in [-0.05, 0) is 38.1 Å². The van der Waals surface area contributed by atoms with Gasteiger partial charge in [0.2, 0.25) is 11.8 Å². The average molecular weight is 453 g/mol. The molecule has 0 fully saturated rings. The molecule has 2 rings (SSSR count). The van der Waals surface area contributed by atoms with E-state index in [0.29, 0.717) is 34.6 Å². The average Bonchev–Trinajstić information content (AvgIpc) is 3.12. The molecule has 0 bridgehead atoms. The fraction of sp³-hybridized carbons (Fsp3) is 0.400. The van der Waals surface area contributed by atoms with Crippen LogP contribution in [-0.2, 0) is 20.7 Å². The van der Waals surface area contributed by atoms with Crippen LogP contribution in [0.25, 0.3) is 0 Å². The van der Waals surface area contributed by atoms with Crippen LogP contribution in [0.3, 0.4) is 0 Å². The van der Waals surface area contributed by atoms with E-state index in [2.05, 4.69) is 15.6 Å². The summed E-state index contributed by atoms with van der Waals surface area (Å²) in [5, 5.41) is 8.03. The number of amides is 3. The highest BCUT2D eigenvalue weighted by Crippen LogP contribution is 2.17. The first kappa shape index (κ1) is 23.8. The molecule has 0 atom stereocenters. The molecule has 0 aliphatic heterocycles. The third-order valence-electron chi connectivity index (χ3n) is 4.06. The molecule has 0 radical (unpaired) electrons. The maximum absolute atomic E-state index is 12.8. The van der Waals surface area contributed by atoms with Crippen molar-refractivity contribution in [2.45, 2.75) is 26.3 Å². The fourth-order valence-corrected chi connectivity index (χ4v) is 3.38. The van der Waals surface area contributed by atoms with Crippen molar-refractivity contribution >= 4 is 45.8 Å². The van der Waals surface area contributed by atoms with Gasteiger partial charge in [-0.2, -0.15) is 0 Å². The van der Waals surface area contributed by atoms with Crippen LogP contribution in [0.2, 0.25) is 5.02 Å². The maximum atomic E-state index is 12.8. The Morgan fingerprint density at radius 2 is 1.90 bits per heavy atom. The first-order chi connectivity index (χ1) is 14.3. The van der Waals surface area contributed by atoms with Crippen LogP contribution in [0, 0.1) is 0 Å². The third-order valence-corrected chi connectivity index (χ3v) is 5.12. The molecule has 3 amide bonds. The summed E-state index contributed by atoms with van der Waals surface area (Å²) in [6.45, 7) is 4.42. The van der Waals surface area contributed by atoms with Gasteiger partial charge in [0.15, 0.2) is 5.13 Å². The summed E-state index contributed by atoms with van der Waals surface area (Å²) in [6.07, 6.45) is 0.114. The van der Waals surface area contributed by atoms with Crippen LogP contribution in [0.15, 0.2) is 29.6 Å². The SMILES string of the molecule is COCCNC(=O)Cc1csc(NC(=O)CN(C(=O)c2ccc(Cl)cc2)C(C)C)n1. The Hall–Kier alpha value is -2.49. The predicted octanol–water partition coefficient (Wildman–Crippen LogP) is 2.59. The van der Waals surface area contributed by atoms with Crippen LogP contribution >= 0.6 is 22.9 Å². The Morgan fingerprint density at radius 3 is 2.53 bits per heavy atom. The Balaban J connectivity index is 1.93. The maximum Gasteiger partial charge on any atom is 0.254 e. The number of rotatable bonds is 10. The van der Waals surface area contributed by atoms with E-state index in [4.69, 9.17) is 16.3 Å². The summed E-state index contributed by atoms with van der Waals surface area (Å²) in [4.78, 5) is 42.8. The largest absolute Gasteiger partial charge is 0.383 e. The van der Waals surface area contributed by atoms with Crippen molar-refractivity contribution in [3.8, 4) is 0 Å². The highest BCUT2D eigenvalue weighted by atomic mass is 35.5. The topological polar surface area (TPSA) is 101 Å². The number of thiazole rings is 1. The Labute approximate surface area is 184 Å². The van der Waals surface area contributed by atoms with Gasteiger partial charge in [0, 0.05) is 35.7 Å². The second-order valence-corrected chi connectivity index (χ2v) is 8.04. The third kappa shape index (κ3) is 7.40. The molecule has 0 saturated heterocycles. The highest BCUT2D eigenvalue weighted by molar-refractivity contribution is 7.13. The van der Waals surface area contributed by atoms with Crippen LogP contribution < -0.4 is 10.6 Å². The summed E-state index contributed by atoms with van der Waals surface area (Å²) >= 11 is 7.10. The lowest BCUT2D eigenvalue weighted by Gasteiger charge is -2.26. The highest BCUT2D eigenvalue weighted by Gasteiger charge is 2.22. The van der Waals surface area contributed by atoms with E-state index in [1.165, 1.54) is 16.2 Å². The number of hydrogen-bond donors (Lipinski definition) is 2. The molecular weight excluding hydrogens is 428 g/mol. The molecule has 1 heterocycles. The molecule has 0 unspecified atom stereocenters. The van der Waals surface area contributed by atoms with Crippen molar-refractivity contribution in [1.29, 1.82) is 0 Å². The lowest BCUT2D eigenvalue weighted by molar-refractivity contribution is -0.120. The molecule has 10 heteroatoms. The standard InChI is InChI=1S/C20H25ClN4O4S/c1-13(2)25(19(28)14-4-6-15(21)7-5-14)11-18(27)24-20-23-16(12-30-20)10-17(26)22-8-9-29-3/h4-7,12-13H,8-11H2,1-3H3,(H,22,26)(H,23,24,27). The minimum Gasteiger partial charge on any atom is -0.383 e. The van der Waals surface area contributed by atoms with Gasteiger partial charge in [-0.3, -0.25) is 14.4 Å². The molecule has 0 saturated carbocycles. The summed E-state index contributed by atoms with van der Waals surface area (Å²) < 4.78 is 4.88.